The van der Waals surface area contributed by atoms with Crippen LogP contribution in [-0.4, -0.2) is 56.1 Å². The van der Waals surface area contributed by atoms with Gasteiger partial charge in [0.15, 0.2) is 6.79 Å². The summed E-state index contributed by atoms with van der Waals surface area (Å²) in [6.07, 6.45) is -3.45. The first-order valence-corrected chi connectivity index (χ1v) is 11.0. The molecule has 36 heavy (non-hydrogen) atoms. The molecule has 0 spiro atoms. The van der Waals surface area contributed by atoms with E-state index in [0.29, 0.717) is 11.5 Å². The molecule has 2 bridgehead atoms. The summed E-state index contributed by atoms with van der Waals surface area (Å²) in [5, 5.41) is 9.15. The van der Waals surface area contributed by atoms with Crippen LogP contribution in [0.4, 0.5) is 18.9 Å². The van der Waals surface area contributed by atoms with Crippen LogP contribution >= 0.6 is 0 Å². The van der Waals surface area contributed by atoms with Crippen LogP contribution in [0, 0.1) is 30.1 Å². The number of esters is 1. The van der Waals surface area contributed by atoms with E-state index < -0.39 is 63.7 Å². The Bertz CT molecular complexity index is 1220. The van der Waals surface area contributed by atoms with Crippen molar-refractivity contribution in [3.05, 3.63) is 40.5 Å². The predicted molar refractivity (Wildman–Crippen MR) is 115 cm³/mol. The largest absolute Gasteiger partial charge is 0.435 e. The van der Waals surface area contributed by atoms with Gasteiger partial charge in [0.2, 0.25) is 11.8 Å². The van der Waals surface area contributed by atoms with E-state index in [1.165, 1.54) is 33.1 Å². The Morgan fingerprint density at radius 2 is 1.86 bits per heavy atom. The van der Waals surface area contributed by atoms with Crippen molar-refractivity contribution in [1.82, 2.24) is 0 Å². The van der Waals surface area contributed by atoms with Crippen molar-refractivity contribution >= 4 is 23.5 Å². The third-order valence-corrected chi connectivity index (χ3v) is 6.92. The summed E-state index contributed by atoms with van der Waals surface area (Å²) in [6.45, 7) is 4.22. The second-order valence-electron chi connectivity index (χ2n) is 9.11. The number of anilines is 1. The Kier molecular flexibility index (Phi) is 6.23. The predicted octanol–water partition coefficient (Wildman–Crippen LogP) is 2.64. The van der Waals surface area contributed by atoms with Crippen molar-refractivity contribution in [1.29, 1.82) is 5.26 Å². The van der Waals surface area contributed by atoms with Crippen LogP contribution in [0.15, 0.2) is 23.8 Å². The summed E-state index contributed by atoms with van der Waals surface area (Å²) in [4.78, 5) is 40.5. The van der Waals surface area contributed by atoms with Crippen LogP contribution in [0.5, 0.6) is 0 Å². The molecule has 9 nitrogen and oxygen atoms in total. The fourth-order valence-electron chi connectivity index (χ4n) is 5.43. The Morgan fingerprint density at radius 3 is 2.47 bits per heavy atom. The van der Waals surface area contributed by atoms with Crippen molar-refractivity contribution in [3.63, 3.8) is 0 Å². The highest BCUT2D eigenvalue weighted by Crippen LogP contribution is 2.60. The number of imide groups is 1. The lowest BCUT2D eigenvalue weighted by Crippen LogP contribution is -2.43. The second-order valence-corrected chi connectivity index (χ2v) is 9.11. The van der Waals surface area contributed by atoms with Crippen LogP contribution in [0.25, 0.3) is 0 Å². The number of methoxy groups -OCH3 is 1. The number of hydrogen-bond acceptors (Lipinski definition) is 8. The molecule has 2 saturated heterocycles. The number of fused-ring (bicyclic) bond motifs is 5. The molecule has 4 rings (SSSR count). The van der Waals surface area contributed by atoms with Gasteiger partial charge in [-0.15, -0.1) is 0 Å². The lowest BCUT2D eigenvalue weighted by Gasteiger charge is -2.29. The van der Waals surface area contributed by atoms with Crippen molar-refractivity contribution < 1.29 is 46.5 Å². The number of nitrogens with zero attached hydrogens (tertiary/aromatic N) is 2. The molecule has 12 heteroatoms. The first kappa shape index (κ1) is 25.8. The molecular weight excluding hydrogens is 485 g/mol. The standard InChI is InChI=1S/C24H23F3N2O7/c1-12-15(6-5-13(10-28)16(12)24(25,26)27)29-19(30)17-18(20(29)31)23(3)14(9-22(17,2)36-23)21(32)35-11-34-8-7-33-4/h5-6,9,17-18H,7-8,11H2,1-4H3/t17-,18+,22-,23+/m0/s1. The topological polar surface area (TPSA) is 115 Å². The van der Waals surface area contributed by atoms with Gasteiger partial charge in [0, 0.05) is 7.11 Å². The third kappa shape index (κ3) is 3.70. The average Bonchev–Trinajstić information content (AvgIpc) is 3.33. The SMILES string of the molecule is COCCOCOC(=O)C1=C[C@]2(C)O[C@@]1(C)[C@H]1C(=O)N(c3ccc(C#N)c(C(F)(F)F)c3C)C(=O)[C@H]12. The van der Waals surface area contributed by atoms with E-state index in [0.717, 1.165) is 19.1 Å². The van der Waals surface area contributed by atoms with Gasteiger partial charge in [0.1, 0.15) is 5.60 Å². The van der Waals surface area contributed by atoms with E-state index in [1.54, 1.807) is 0 Å². The normalized spacial score (nSPS) is 28.8. The molecule has 0 unspecified atom stereocenters. The molecule has 3 heterocycles. The summed E-state index contributed by atoms with van der Waals surface area (Å²) in [5.74, 6) is -4.57. The van der Waals surface area contributed by atoms with Gasteiger partial charge in [0.25, 0.3) is 0 Å². The minimum Gasteiger partial charge on any atom is -0.435 e. The molecule has 1 aromatic rings. The molecule has 2 fully saturated rings. The zero-order valence-corrected chi connectivity index (χ0v) is 19.9. The number of halogens is 3. The molecule has 2 amide bonds. The number of ether oxygens (including phenoxy) is 4. The monoisotopic (exact) mass is 508 g/mol. The molecule has 0 aromatic heterocycles. The summed E-state index contributed by atoms with van der Waals surface area (Å²) in [5.41, 5.74) is -5.41. The number of hydrogen-bond donors (Lipinski definition) is 0. The van der Waals surface area contributed by atoms with Crippen molar-refractivity contribution in [2.24, 2.45) is 11.8 Å². The zero-order chi connectivity index (χ0) is 26.6. The summed E-state index contributed by atoms with van der Waals surface area (Å²) >= 11 is 0. The van der Waals surface area contributed by atoms with Gasteiger partial charge in [-0.3, -0.25) is 9.59 Å². The number of rotatable bonds is 7. The van der Waals surface area contributed by atoms with Gasteiger partial charge in [-0.2, -0.15) is 18.4 Å². The summed E-state index contributed by atoms with van der Waals surface area (Å²) in [7, 11) is 1.48. The fraction of sp³-hybridized carbons (Fsp3) is 0.500. The Balaban J connectivity index is 1.67. The minimum atomic E-state index is -4.88. The molecule has 0 saturated carbocycles. The highest BCUT2D eigenvalue weighted by molar-refractivity contribution is 6.24. The van der Waals surface area contributed by atoms with Gasteiger partial charge < -0.3 is 18.9 Å². The summed E-state index contributed by atoms with van der Waals surface area (Å²) in [6, 6.07) is 3.58. The number of alkyl halides is 3. The van der Waals surface area contributed by atoms with E-state index in [1.807, 2.05) is 0 Å². The molecule has 4 atom stereocenters. The van der Waals surface area contributed by atoms with E-state index in [-0.39, 0.29) is 24.7 Å². The number of amides is 2. The number of nitriles is 1. The van der Waals surface area contributed by atoms with E-state index in [2.05, 4.69) is 0 Å². The smallest absolute Gasteiger partial charge is 0.418 e. The van der Waals surface area contributed by atoms with Gasteiger partial charge in [-0.05, 0) is 44.5 Å². The number of benzene rings is 1. The van der Waals surface area contributed by atoms with Crippen LogP contribution in [0.3, 0.4) is 0 Å². The molecule has 1 aromatic carbocycles. The van der Waals surface area contributed by atoms with Gasteiger partial charge >= 0.3 is 12.1 Å². The van der Waals surface area contributed by atoms with Gasteiger partial charge in [0.05, 0.1) is 59.1 Å². The van der Waals surface area contributed by atoms with Crippen LogP contribution in [-0.2, 0) is 39.5 Å². The Labute approximate surface area is 204 Å². The van der Waals surface area contributed by atoms with Crippen molar-refractivity contribution in [3.8, 4) is 6.07 Å². The lowest BCUT2D eigenvalue weighted by atomic mass is 9.69. The second kappa shape index (κ2) is 8.69. The Hall–Kier alpha value is -3.27. The molecular formula is C24H23F3N2O7. The maximum atomic E-state index is 13.7. The highest BCUT2D eigenvalue weighted by Gasteiger charge is 2.74. The molecule has 0 N–H and O–H groups in total. The molecule has 3 aliphatic rings. The van der Waals surface area contributed by atoms with Crippen LogP contribution in [0.1, 0.15) is 30.5 Å². The first-order valence-electron chi connectivity index (χ1n) is 11.0. The van der Waals surface area contributed by atoms with Crippen LogP contribution < -0.4 is 4.90 Å². The van der Waals surface area contributed by atoms with Crippen molar-refractivity contribution in [2.45, 2.75) is 38.1 Å². The quantitative estimate of drug-likeness (QED) is 0.239. The lowest BCUT2D eigenvalue weighted by molar-refractivity contribution is -0.155. The first-order chi connectivity index (χ1) is 16.8. The molecule has 0 aliphatic carbocycles. The van der Waals surface area contributed by atoms with Crippen LogP contribution in [0.2, 0.25) is 0 Å². The van der Waals surface area contributed by atoms with Gasteiger partial charge in [-0.1, -0.05) is 0 Å². The maximum absolute atomic E-state index is 13.7. The van der Waals surface area contributed by atoms with E-state index in [4.69, 9.17) is 24.2 Å². The molecule has 192 valence electrons. The van der Waals surface area contributed by atoms with E-state index in [9.17, 15) is 27.6 Å². The highest BCUT2D eigenvalue weighted by atomic mass is 19.4. The van der Waals surface area contributed by atoms with Crippen molar-refractivity contribution in [2.75, 3.05) is 32.0 Å². The maximum Gasteiger partial charge on any atom is 0.418 e. The molecule has 3 aliphatic heterocycles. The zero-order valence-electron chi connectivity index (χ0n) is 19.9. The van der Waals surface area contributed by atoms with Gasteiger partial charge in [-0.25, -0.2) is 9.69 Å². The number of carbonyl (C=O) groups is 3. The Morgan fingerprint density at radius 1 is 1.19 bits per heavy atom. The molecule has 0 radical (unpaired) electrons. The average molecular weight is 508 g/mol. The fourth-order valence-corrected chi connectivity index (χ4v) is 5.43. The minimum absolute atomic E-state index is 0.0251. The number of carbonyl (C=O) groups excluding carboxylic acids is 3. The third-order valence-electron chi connectivity index (χ3n) is 6.92. The van der Waals surface area contributed by atoms with E-state index >= 15 is 0 Å². The summed E-state index contributed by atoms with van der Waals surface area (Å²) < 4.78 is 62.3.